The molecule has 0 bridgehead atoms. The predicted octanol–water partition coefficient (Wildman–Crippen LogP) is 4.62. The number of thiazole rings is 1. The Hall–Kier alpha value is -2.19. The van der Waals surface area contributed by atoms with Gasteiger partial charge in [0.1, 0.15) is 16.1 Å². The van der Waals surface area contributed by atoms with Crippen LogP contribution in [0.4, 0.5) is 10.8 Å². The topological polar surface area (TPSA) is 71.0 Å². The van der Waals surface area contributed by atoms with Gasteiger partial charge in [-0.3, -0.25) is 4.79 Å². The molecular weight excluding hydrogens is 402 g/mol. The number of nitrogens with one attached hydrogen (secondary N) is 1. The van der Waals surface area contributed by atoms with Crippen LogP contribution in [-0.2, 0) is 11.2 Å². The Morgan fingerprint density at radius 2 is 2.14 bits per heavy atom. The largest absolute Gasteiger partial charge is 0.348 e. The number of rotatable bonds is 6. The lowest BCUT2D eigenvalue weighted by Crippen LogP contribution is -2.34. The maximum absolute atomic E-state index is 12.4. The highest BCUT2D eigenvalue weighted by molar-refractivity contribution is 8.00. The Morgan fingerprint density at radius 1 is 1.31 bits per heavy atom. The van der Waals surface area contributed by atoms with Gasteiger partial charge < -0.3 is 10.2 Å². The molecule has 2 aromatic heterocycles. The number of hydrogen-bond donors (Lipinski definition) is 1. The van der Waals surface area contributed by atoms with Crippen molar-refractivity contribution < 1.29 is 4.79 Å². The fourth-order valence-electron chi connectivity index (χ4n) is 3.48. The van der Waals surface area contributed by atoms with Crippen LogP contribution in [0.2, 0.25) is 0 Å². The molecule has 1 saturated heterocycles. The Balaban J connectivity index is 1.42. The first-order valence-electron chi connectivity index (χ1n) is 10.0. The predicted molar refractivity (Wildman–Crippen MR) is 121 cm³/mol. The molecular formula is C21H25N5OS2. The number of fused-ring (bicyclic) bond motifs is 1. The Morgan fingerprint density at radius 3 is 2.90 bits per heavy atom. The van der Waals surface area contributed by atoms with E-state index in [0.717, 1.165) is 45.7 Å². The second kappa shape index (κ2) is 9.09. The molecule has 1 aliphatic rings. The van der Waals surface area contributed by atoms with Gasteiger partial charge in [-0.25, -0.2) is 9.97 Å². The molecule has 0 radical (unpaired) electrons. The molecule has 0 spiro atoms. The Bertz CT molecular complexity index is 988. The lowest BCUT2D eigenvalue weighted by atomic mass is 10.0. The van der Waals surface area contributed by atoms with Gasteiger partial charge in [0.05, 0.1) is 5.75 Å². The van der Waals surface area contributed by atoms with Crippen molar-refractivity contribution >= 4 is 50.2 Å². The summed E-state index contributed by atoms with van der Waals surface area (Å²) in [4.78, 5) is 28.2. The second-order valence-electron chi connectivity index (χ2n) is 7.41. The fraction of sp³-hybridized carbons (Fsp3) is 0.429. The monoisotopic (exact) mass is 427 g/mol. The number of nitrogens with zero attached hydrogens (tertiary/aromatic N) is 4. The van der Waals surface area contributed by atoms with E-state index in [1.165, 1.54) is 36.5 Å². The van der Waals surface area contributed by atoms with Crippen molar-refractivity contribution in [1.82, 2.24) is 15.0 Å². The molecule has 152 valence electrons. The molecule has 3 aromatic rings. The van der Waals surface area contributed by atoms with Crippen LogP contribution in [0, 0.1) is 5.92 Å². The third kappa shape index (κ3) is 4.87. The summed E-state index contributed by atoms with van der Waals surface area (Å²) < 4.78 is 0.964. The van der Waals surface area contributed by atoms with Crippen LogP contribution in [0.1, 0.15) is 32.3 Å². The fourth-order valence-corrected chi connectivity index (χ4v) is 5.40. The van der Waals surface area contributed by atoms with Gasteiger partial charge in [0, 0.05) is 18.8 Å². The van der Waals surface area contributed by atoms with Crippen molar-refractivity contribution in [2.75, 3.05) is 29.1 Å². The van der Waals surface area contributed by atoms with Crippen molar-refractivity contribution in [3.63, 3.8) is 0 Å². The summed E-state index contributed by atoms with van der Waals surface area (Å²) in [6.45, 7) is 6.48. The summed E-state index contributed by atoms with van der Waals surface area (Å²) in [5.74, 6) is 0.946. The molecule has 1 fully saturated rings. The molecule has 3 heterocycles. The average Bonchev–Trinajstić information content (AvgIpc) is 3.18. The average molecular weight is 428 g/mol. The number of anilines is 2. The minimum absolute atomic E-state index is 0.0411. The number of benzene rings is 1. The van der Waals surface area contributed by atoms with E-state index in [1.807, 2.05) is 24.3 Å². The molecule has 1 aliphatic heterocycles. The standard InChI is InChI=1S/C21H25N5OS2/c1-3-15-6-8-16(9-7-15)24-17(27)12-28-20-18-19(22-13-23-20)25-21(29-18)26-10-4-5-14(2)11-26/h6-9,13-14H,3-5,10-12H2,1-2H3,(H,24,27)/t14-/m1/s1. The van der Waals surface area contributed by atoms with Gasteiger partial charge in [0.25, 0.3) is 0 Å². The molecule has 0 aliphatic carbocycles. The summed E-state index contributed by atoms with van der Waals surface area (Å²) in [7, 11) is 0. The number of amides is 1. The van der Waals surface area contributed by atoms with E-state index in [0.29, 0.717) is 11.7 Å². The molecule has 1 amide bonds. The molecule has 4 rings (SSSR count). The Kier molecular flexibility index (Phi) is 6.30. The first-order chi connectivity index (χ1) is 14.1. The van der Waals surface area contributed by atoms with Crippen LogP contribution >= 0.6 is 23.1 Å². The van der Waals surface area contributed by atoms with Gasteiger partial charge >= 0.3 is 0 Å². The maximum atomic E-state index is 12.4. The zero-order valence-corrected chi connectivity index (χ0v) is 18.4. The van der Waals surface area contributed by atoms with E-state index in [9.17, 15) is 4.79 Å². The maximum Gasteiger partial charge on any atom is 0.234 e. The highest BCUT2D eigenvalue weighted by Gasteiger charge is 2.21. The number of piperidine rings is 1. The minimum atomic E-state index is -0.0411. The second-order valence-corrected chi connectivity index (χ2v) is 9.35. The van der Waals surface area contributed by atoms with Crippen molar-refractivity contribution in [3.8, 4) is 0 Å². The van der Waals surface area contributed by atoms with Crippen LogP contribution in [0.5, 0.6) is 0 Å². The lowest BCUT2D eigenvalue weighted by molar-refractivity contribution is -0.113. The summed E-state index contributed by atoms with van der Waals surface area (Å²) in [5.41, 5.74) is 2.79. The van der Waals surface area contributed by atoms with Gasteiger partial charge in [-0.2, -0.15) is 4.98 Å². The first-order valence-corrected chi connectivity index (χ1v) is 11.8. The molecule has 1 N–H and O–H groups in total. The van der Waals surface area contributed by atoms with Crippen LogP contribution < -0.4 is 10.2 Å². The highest BCUT2D eigenvalue weighted by Crippen LogP contribution is 2.35. The van der Waals surface area contributed by atoms with Crippen molar-refractivity contribution in [1.29, 1.82) is 0 Å². The number of carbonyl (C=O) groups is 1. The van der Waals surface area contributed by atoms with Gasteiger partial charge in [-0.05, 0) is 42.9 Å². The van der Waals surface area contributed by atoms with E-state index < -0.39 is 0 Å². The first kappa shape index (κ1) is 20.1. The summed E-state index contributed by atoms with van der Waals surface area (Å²) in [6, 6.07) is 7.97. The van der Waals surface area contributed by atoms with E-state index in [-0.39, 0.29) is 5.91 Å². The zero-order valence-electron chi connectivity index (χ0n) is 16.7. The van der Waals surface area contributed by atoms with Crippen molar-refractivity contribution in [3.05, 3.63) is 36.2 Å². The van der Waals surface area contributed by atoms with E-state index in [4.69, 9.17) is 4.98 Å². The minimum Gasteiger partial charge on any atom is -0.348 e. The van der Waals surface area contributed by atoms with Gasteiger partial charge in [0.2, 0.25) is 5.91 Å². The smallest absolute Gasteiger partial charge is 0.234 e. The van der Waals surface area contributed by atoms with Gasteiger partial charge in [-0.15, -0.1) is 0 Å². The lowest BCUT2D eigenvalue weighted by Gasteiger charge is -2.30. The molecule has 1 atom stereocenters. The van der Waals surface area contributed by atoms with E-state index in [2.05, 4.69) is 34.0 Å². The van der Waals surface area contributed by atoms with Crippen molar-refractivity contribution in [2.24, 2.45) is 5.92 Å². The van der Waals surface area contributed by atoms with E-state index in [1.54, 1.807) is 11.3 Å². The van der Waals surface area contributed by atoms with Crippen LogP contribution in [0.3, 0.4) is 0 Å². The number of aromatic nitrogens is 3. The van der Waals surface area contributed by atoms with Crippen molar-refractivity contribution in [2.45, 2.75) is 38.1 Å². The summed E-state index contributed by atoms with van der Waals surface area (Å²) in [6.07, 6.45) is 5.00. The third-order valence-corrected chi connectivity index (χ3v) is 7.29. The molecule has 6 nitrogen and oxygen atoms in total. The molecule has 0 saturated carbocycles. The number of hydrogen-bond acceptors (Lipinski definition) is 7. The zero-order chi connectivity index (χ0) is 20.2. The van der Waals surface area contributed by atoms with Gasteiger partial charge in [-0.1, -0.05) is 49.1 Å². The summed E-state index contributed by atoms with van der Waals surface area (Å²) >= 11 is 3.06. The number of thioether (sulfide) groups is 1. The van der Waals surface area contributed by atoms with Gasteiger partial charge in [0.15, 0.2) is 10.8 Å². The molecule has 0 unspecified atom stereocenters. The van der Waals surface area contributed by atoms with E-state index >= 15 is 0 Å². The highest BCUT2D eigenvalue weighted by atomic mass is 32.2. The Labute approximate surface area is 179 Å². The normalized spacial score (nSPS) is 16.9. The van der Waals surface area contributed by atoms with Crippen LogP contribution in [0.15, 0.2) is 35.6 Å². The molecule has 8 heteroatoms. The van der Waals surface area contributed by atoms with Crippen LogP contribution in [-0.4, -0.2) is 39.7 Å². The molecule has 29 heavy (non-hydrogen) atoms. The quantitative estimate of drug-likeness (QED) is 0.457. The number of aryl methyl sites for hydroxylation is 1. The SMILES string of the molecule is CCc1ccc(NC(=O)CSc2ncnc3nc(N4CCC[C@@H](C)C4)sc23)cc1. The number of carbonyl (C=O) groups excluding carboxylic acids is 1. The van der Waals surface area contributed by atoms with Crippen LogP contribution in [0.25, 0.3) is 10.3 Å². The summed E-state index contributed by atoms with van der Waals surface area (Å²) in [5, 5.41) is 4.78. The molecule has 1 aromatic carbocycles. The third-order valence-electron chi connectivity index (χ3n) is 5.06.